The number of ether oxygens (including phenoxy) is 1. The predicted molar refractivity (Wildman–Crippen MR) is 95.4 cm³/mol. The van der Waals surface area contributed by atoms with Gasteiger partial charge in [-0.3, -0.25) is 9.69 Å². The van der Waals surface area contributed by atoms with Crippen LogP contribution in [0.25, 0.3) is 0 Å². The van der Waals surface area contributed by atoms with E-state index in [0.29, 0.717) is 17.1 Å². The molecule has 1 aliphatic rings. The number of carbonyl (C=O) groups excluding carboxylic acids is 1. The maximum absolute atomic E-state index is 12.3. The molecule has 4 nitrogen and oxygen atoms in total. The van der Waals surface area contributed by atoms with E-state index in [2.05, 4.69) is 10.2 Å². The maximum atomic E-state index is 12.3. The van der Waals surface area contributed by atoms with E-state index >= 15 is 0 Å². The molecule has 0 spiro atoms. The van der Waals surface area contributed by atoms with Gasteiger partial charge in [0.05, 0.1) is 19.3 Å². The second kappa shape index (κ2) is 8.29. The third kappa shape index (κ3) is 4.35. The quantitative estimate of drug-likeness (QED) is 0.906. The maximum Gasteiger partial charge on any atom is 0.251 e. The van der Waals surface area contributed by atoms with Gasteiger partial charge in [-0.1, -0.05) is 41.9 Å². The number of benzene rings is 2. The standard InChI is InChI=1S/C19H21ClN2O2/c20-17-8-6-15(7-9-17)18(22-10-12-24-13-11-22)14-21-19(23)16-4-2-1-3-5-16/h1-9,18H,10-14H2,(H,21,23). The Labute approximate surface area is 147 Å². The van der Waals surface area contributed by atoms with Crippen LogP contribution < -0.4 is 5.32 Å². The van der Waals surface area contributed by atoms with Crippen LogP contribution in [0.4, 0.5) is 0 Å². The Balaban J connectivity index is 1.72. The highest BCUT2D eigenvalue weighted by atomic mass is 35.5. The first-order valence-electron chi connectivity index (χ1n) is 8.14. The Morgan fingerprint density at radius 3 is 2.42 bits per heavy atom. The molecule has 1 aliphatic heterocycles. The Bertz CT molecular complexity index is 655. The lowest BCUT2D eigenvalue weighted by Gasteiger charge is -2.35. The van der Waals surface area contributed by atoms with Gasteiger partial charge in [-0.2, -0.15) is 0 Å². The first-order chi connectivity index (χ1) is 11.7. The molecule has 1 unspecified atom stereocenters. The van der Waals surface area contributed by atoms with Gasteiger partial charge in [0.15, 0.2) is 0 Å². The van der Waals surface area contributed by atoms with Crippen molar-refractivity contribution in [2.24, 2.45) is 0 Å². The van der Waals surface area contributed by atoms with E-state index in [0.717, 1.165) is 31.9 Å². The van der Waals surface area contributed by atoms with Crippen molar-refractivity contribution in [1.82, 2.24) is 10.2 Å². The Morgan fingerprint density at radius 1 is 1.08 bits per heavy atom. The highest BCUT2D eigenvalue weighted by Crippen LogP contribution is 2.23. The predicted octanol–water partition coefficient (Wildman–Crippen LogP) is 3.14. The fraction of sp³-hybridized carbons (Fsp3) is 0.316. The SMILES string of the molecule is O=C(NCC(c1ccc(Cl)cc1)N1CCOCC1)c1ccccc1. The molecule has 5 heteroatoms. The molecule has 1 saturated heterocycles. The number of nitrogens with zero attached hydrogens (tertiary/aromatic N) is 1. The molecule has 126 valence electrons. The average Bonchev–Trinajstić information content (AvgIpc) is 2.65. The summed E-state index contributed by atoms with van der Waals surface area (Å²) in [4.78, 5) is 14.7. The van der Waals surface area contributed by atoms with Crippen molar-refractivity contribution in [3.63, 3.8) is 0 Å². The molecular weight excluding hydrogens is 324 g/mol. The summed E-state index contributed by atoms with van der Waals surface area (Å²) >= 11 is 6.01. The van der Waals surface area contributed by atoms with Gasteiger partial charge in [-0.25, -0.2) is 0 Å². The van der Waals surface area contributed by atoms with Crippen molar-refractivity contribution >= 4 is 17.5 Å². The zero-order valence-corrected chi connectivity index (χ0v) is 14.2. The molecule has 2 aromatic rings. The Morgan fingerprint density at radius 2 is 1.75 bits per heavy atom. The highest BCUT2D eigenvalue weighted by Gasteiger charge is 2.23. The van der Waals surface area contributed by atoms with E-state index in [-0.39, 0.29) is 11.9 Å². The van der Waals surface area contributed by atoms with Crippen LogP contribution in [-0.4, -0.2) is 43.7 Å². The van der Waals surface area contributed by atoms with Crippen LogP contribution in [0, 0.1) is 0 Å². The van der Waals surface area contributed by atoms with Gasteiger partial charge in [-0.15, -0.1) is 0 Å². The number of amides is 1. The zero-order chi connectivity index (χ0) is 16.8. The van der Waals surface area contributed by atoms with Gasteiger partial charge in [0, 0.05) is 30.2 Å². The van der Waals surface area contributed by atoms with Gasteiger partial charge in [-0.05, 0) is 29.8 Å². The van der Waals surface area contributed by atoms with E-state index in [1.54, 1.807) is 0 Å². The van der Waals surface area contributed by atoms with Crippen LogP contribution in [0.15, 0.2) is 54.6 Å². The lowest BCUT2D eigenvalue weighted by molar-refractivity contribution is 0.0162. The summed E-state index contributed by atoms with van der Waals surface area (Å²) in [6.07, 6.45) is 0. The highest BCUT2D eigenvalue weighted by molar-refractivity contribution is 6.30. The van der Waals surface area contributed by atoms with Crippen molar-refractivity contribution in [3.8, 4) is 0 Å². The number of halogens is 1. The minimum atomic E-state index is -0.0529. The Hall–Kier alpha value is -1.88. The van der Waals surface area contributed by atoms with Crippen LogP contribution in [0.3, 0.4) is 0 Å². The second-order valence-corrected chi connectivity index (χ2v) is 6.23. The number of hydrogen-bond donors (Lipinski definition) is 1. The van der Waals surface area contributed by atoms with Crippen LogP contribution in [0.1, 0.15) is 22.0 Å². The summed E-state index contributed by atoms with van der Waals surface area (Å²) in [7, 11) is 0. The molecule has 1 atom stereocenters. The molecule has 2 aromatic carbocycles. The summed E-state index contributed by atoms with van der Waals surface area (Å²) < 4.78 is 5.45. The average molecular weight is 345 g/mol. The number of nitrogens with one attached hydrogen (secondary N) is 1. The van der Waals surface area contributed by atoms with Gasteiger partial charge in [0.1, 0.15) is 0 Å². The lowest BCUT2D eigenvalue weighted by atomic mass is 10.0. The fourth-order valence-corrected chi connectivity index (χ4v) is 3.04. The van der Waals surface area contributed by atoms with Crippen molar-refractivity contribution in [3.05, 3.63) is 70.7 Å². The molecule has 1 heterocycles. The first-order valence-corrected chi connectivity index (χ1v) is 8.52. The topological polar surface area (TPSA) is 41.6 Å². The van der Waals surface area contributed by atoms with Crippen LogP contribution in [-0.2, 0) is 4.74 Å². The largest absolute Gasteiger partial charge is 0.379 e. The molecule has 0 aliphatic carbocycles. The molecule has 1 N–H and O–H groups in total. The van der Waals surface area contributed by atoms with Gasteiger partial charge < -0.3 is 10.1 Å². The van der Waals surface area contributed by atoms with E-state index in [1.165, 1.54) is 0 Å². The van der Waals surface area contributed by atoms with Crippen LogP contribution >= 0.6 is 11.6 Å². The number of morpholine rings is 1. The van der Waals surface area contributed by atoms with Crippen molar-refractivity contribution < 1.29 is 9.53 Å². The number of rotatable bonds is 5. The molecule has 0 radical (unpaired) electrons. The monoisotopic (exact) mass is 344 g/mol. The fourth-order valence-electron chi connectivity index (χ4n) is 2.91. The van der Waals surface area contributed by atoms with E-state index in [4.69, 9.17) is 16.3 Å². The van der Waals surface area contributed by atoms with Gasteiger partial charge in [0.2, 0.25) is 0 Å². The molecular formula is C19H21ClN2O2. The summed E-state index contributed by atoms with van der Waals surface area (Å²) in [5, 5.41) is 3.77. The van der Waals surface area contributed by atoms with Crippen molar-refractivity contribution in [2.45, 2.75) is 6.04 Å². The zero-order valence-electron chi connectivity index (χ0n) is 13.5. The Kier molecular flexibility index (Phi) is 5.86. The van der Waals surface area contributed by atoms with Crippen LogP contribution in [0.5, 0.6) is 0 Å². The third-order valence-electron chi connectivity index (χ3n) is 4.23. The molecule has 0 aromatic heterocycles. The van der Waals surface area contributed by atoms with E-state index in [1.807, 2.05) is 54.6 Å². The minimum absolute atomic E-state index is 0.0529. The summed E-state index contributed by atoms with van der Waals surface area (Å²) in [5.41, 5.74) is 1.82. The van der Waals surface area contributed by atoms with Crippen LogP contribution in [0.2, 0.25) is 5.02 Å². The van der Waals surface area contributed by atoms with E-state index < -0.39 is 0 Å². The lowest BCUT2D eigenvalue weighted by Crippen LogP contribution is -2.43. The molecule has 1 amide bonds. The minimum Gasteiger partial charge on any atom is -0.379 e. The van der Waals surface area contributed by atoms with Gasteiger partial charge in [0.25, 0.3) is 5.91 Å². The van der Waals surface area contributed by atoms with Crippen molar-refractivity contribution in [1.29, 1.82) is 0 Å². The first kappa shape index (κ1) is 17.0. The molecule has 24 heavy (non-hydrogen) atoms. The summed E-state index contributed by atoms with van der Waals surface area (Å²) in [6.45, 7) is 3.70. The molecule has 0 saturated carbocycles. The molecule has 0 bridgehead atoms. The second-order valence-electron chi connectivity index (χ2n) is 5.79. The normalized spacial score (nSPS) is 16.5. The summed E-state index contributed by atoms with van der Waals surface area (Å²) in [6, 6.07) is 17.2. The van der Waals surface area contributed by atoms with Gasteiger partial charge >= 0.3 is 0 Å². The van der Waals surface area contributed by atoms with E-state index in [9.17, 15) is 4.79 Å². The smallest absolute Gasteiger partial charge is 0.251 e. The number of carbonyl (C=O) groups is 1. The third-order valence-corrected chi connectivity index (χ3v) is 4.49. The summed E-state index contributed by atoms with van der Waals surface area (Å²) in [5.74, 6) is -0.0529. The molecule has 1 fully saturated rings. The number of hydrogen-bond acceptors (Lipinski definition) is 3. The molecule has 3 rings (SSSR count). The van der Waals surface area contributed by atoms with Crippen molar-refractivity contribution in [2.75, 3.05) is 32.8 Å².